The fourth-order valence-electron chi connectivity index (χ4n) is 3.54. The molecule has 26 heavy (non-hydrogen) atoms. The molecule has 0 radical (unpaired) electrons. The van der Waals surface area contributed by atoms with E-state index in [2.05, 4.69) is 6.92 Å². The van der Waals surface area contributed by atoms with E-state index in [0.29, 0.717) is 6.42 Å². The van der Waals surface area contributed by atoms with Crippen molar-refractivity contribution in [1.82, 2.24) is 0 Å². The van der Waals surface area contributed by atoms with Crippen molar-refractivity contribution in [2.24, 2.45) is 0 Å². The van der Waals surface area contributed by atoms with Crippen LogP contribution in [0.15, 0.2) is 0 Å². The van der Waals surface area contributed by atoms with E-state index in [0.717, 1.165) is 12.8 Å². The van der Waals surface area contributed by atoms with Crippen LogP contribution in [0.4, 0.5) is 0 Å². The van der Waals surface area contributed by atoms with Crippen molar-refractivity contribution >= 4 is 5.97 Å². The van der Waals surface area contributed by atoms with Crippen LogP contribution < -0.4 is 0 Å². The van der Waals surface area contributed by atoms with Crippen LogP contribution in [-0.2, 0) is 4.79 Å². The van der Waals surface area contributed by atoms with E-state index in [1.54, 1.807) is 0 Å². The molecule has 0 bridgehead atoms. The highest BCUT2D eigenvalue weighted by Gasteiger charge is 2.11. The Balaban J connectivity index is 3.04. The monoisotopic (exact) mass is 370 g/mol. The van der Waals surface area contributed by atoms with Gasteiger partial charge in [-0.1, -0.05) is 129 Å². The first-order chi connectivity index (χ1) is 12.7. The summed E-state index contributed by atoms with van der Waals surface area (Å²) in [4.78, 5) is 10.5. The van der Waals surface area contributed by atoms with Crippen molar-refractivity contribution in [2.45, 2.75) is 141 Å². The fourth-order valence-corrected chi connectivity index (χ4v) is 3.54. The number of unbranched alkanes of at least 4 members (excludes halogenated alkanes) is 18. The average molecular weight is 371 g/mol. The van der Waals surface area contributed by atoms with Crippen LogP contribution >= 0.6 is 0 Å². The van der Waals surface area contributed by atoms with Crippen molar-refractivity contribution in [3.8, 4) is 0 Å². The second kappa shape index (κ2) is 20.7. The van der Waals surface area contributed by atoms with Crippen molar-refractivity contribution in [1.29, 1.82) is 0 Å². The zero-order valence-corrected chi connectivity index (χ0v) is 17.5. The Kier molecular flexibility index (Phi) is 20.3. The highest BCUT2D eigenvalue weighted by molar-refractivity contribution is 5.71. The molecule has 1 atom stereocenters. The standard InChI is InChI=1S/C23H46O3/c1-2-3-4-5-6-7-8-9-10-11-12-13-14-15-16-17-18-19-20-21-22(24)23(25)26/h22,24H,2-21H2,1H3,(H,25,26)/t22-/m1/s1. The Morgan fingerprint density at radius 3 is 1.12 bits per heavy atom. The van der Waals surface area contributed by atoms with Crippen LogP contribution in [0.25, 0.3) is 0 Å². The first-order valence-electron chi connectivity index (χ1n) is 11.6. The molecule has 0 aromatic carbocycles. The van der Waals surface area contributed by atoms with Crippen LogP contribution in [0.2, 0.25) is 0 Å². The quantitative estimate of drug-likeness (QED) is 0.209. The van der Waals surface area contributed by atoms with Crippen LogP contribution in [0.1, 0.15) is 135 Å². The van der Waals surface area contributed by atoms with Gasteiger partial charge in [0.2, 0.25) is 0 Å². The molecule has 0 fully saturated rings. The van der Waals surface area contributed by atoms with Gasteiger partial charge in [-0.05, 0) is 6.42 Å². The molecule has 3 nitrogen and oxygen atoms in total. The topological polar surface area (TPSA) is 57.5 Å². The van der Waals surface area contributed by atoms with Gasteiger partial charge >= 0.3 is 5.97 Å². The van der Waals surface area contributed by atoms with E-state index in [1.807, 2.05) is 0 Å². The summed E-state index contributed by atoms with van der Waals surface area (Å²) in [7, 11) is 0. The Morgan fingerprint density at radius 2 is 0.846 bits per heavy atom. The molecule has 0 aromatic heterocycles. The molecule has 0 saturated carbocycles. The SMILES string of the molecule is CCCCCCCCCCCCCCCCCCCCC[C@@H](O)C(=O)O. The van der Waals surface area contributed by atoms with E-state index in [-0.39, 0.29) is 0 Å². The molecule has 2 N–H and O–H groups in total. The van der Waals surface area contributed by atoms with Crippen LogP contribution in [0, 0.1) is 0 Å². The summed E-state index contributed by atoms with van der Waals surface area (Å²) in [5, 5.41) is 17.8. The molecule has 0 aliphatic rings. The lowest BCUT2D eigenvalue weighted by molar-refractivity contribution is -0.146. The van der Waals surface area contributed by atoms with Crippen LogP contribution in [0.3, 0.4) is 0 Å². The predicted molar refractivity (Wildman–Crippen MR) is 112 cm³/mol. The third kappa shape index (κ3) is 19.8. The molecule has 156 valence electrons. The maximum atomic E-state index is 10.5. The maximum absolute atomic E-state index is 10.5. The van der Waals surface area contributed by atoms with Gasteiger partial charge in [0.15, 0.2) is 6.10 Å². The lowest BCUT2D eigenvalue weighted by Crippen LogP contribution is -2.18. The van der Waals surface area contributed by atoms with Gasteiger partial charge in [0.25, 0.3) is 0 Å². The minimum atomic E-state index is -1.17. The number of hydrogen-bond acceptors (Lipinski definition) is 2. The minimum absolute atomic E-state index is 0.397. The Hall–Kier alpha value is -0.570. The van der Waals surface area contributed by atoms with Gasteiger partial charge in [0.05, 0.1) is 0 Å². The molecule has 0 spiro atoms. The molecule has 0 aliphatic heterocycles. The van der Waals surface area contributed by atoms with E-state index < -0.39 is 12.1 Å². The van der Waals surface area contributed by atoms with Gasteiger partial charge in [-0.3, -0.25) is 0 Å². The van der Waals surface area contributed by atoms with Gasteiger partial charge in [-0.25, -0.2) is 4.79 Å². The number of carbonyl (C=O) groups is 1. The number of rotatable bonds is 21. The highest BCUT2D eigenvalue weighted by atomic mass is 16.4. The molecule has 0 amide bonds. The molecule has 0 rings (SSSR count). The lowest BCUT2D eigenvalue weighted by Gasteiger charge is -2.05. The molecular weight excluding hydrogens is 324 g/mol. The van der Waals surface area contributed by atoms with Crippen LogP contribution in [-0.4, -0.2) is 22.3 Å². The number of aliphatic hydroxyl groups is 1. The van der Waals surface area contributed by atoms with Crippen molar-refractivity contribution in [2.75, 3.05) is 0 Å². The number of aliphatic carboxylic acids is 1. The summed E-state index contributed by atoms with van der Waals surface area (Å²) in [6.45, 7) is 2.28. The first kappa shape index (κ1) is 25.4. The third-order valence-electron chi connectivity index (χ3n) is 5.37. The number of hydrogen-bond donors (Lipinski definition) is 2. The zero-order valence-electron chi connectivity index (χ0n) is 17.5. The summed E-state index contributed by atoms with van der Waals surface area (Å²) >= 11 is 0. The summed E-state index contributed by atoms with van der Waals surface area (Å²) < 4.78 is 0. The van der Waals surface area contributed by atoms with Crippen molar-refractivity contribution in [3.05, 3.63) is 0 Å². The Morgan fingerprint density at radius 1 is 0.577 bits per heavy atom. The van der Waals surface area contributed by atoms with Crippen LogP contribution in [0.5, 0.6) is 0 Å². The number of carboxylic acid groups (broad SMARTS) is 1. The third-order valence-corrected chi connectivity index (χ3v) is 5.37. The normalized spacial score (nSPS) is 12.4. The summed E-state index contributed by atoms with van der Waals surface area (Å²) in [6.07, 6.45) is 24.6. The van der Waals surface area contributed by atoms with Gasteiger partial charge in [0, 0.05) is 0 Å². The Bertz CT molecular complexity index is 291. The smallest absolute Gasteiger partial charge is 0.332 e. The first-order valence-corrected chi connectivity index (χ1v) is 11.6. The largest absolute Gasteiger partial charge is 0.479 e. The summed E-state index contributed by atoms with van der Waals surface area (Å²) in [6, 6.07) is 0. The molecular formula is C23H46O3. The molecule has 0 saturated heterocycles. The van der Waals surface area contributed by atoms with E-state index in [4.69, 9.17) is 5.11 Å². The minimum Gasteiger partial charge on any atom is -0.479 e. The number of aliphatic hydroxyl groups excluding tert-OH is 1. The Labute approximate surface area is 163 Å². The van der Waals surface area contributed by atoms with Gasteiger partial charge in [-0.2, -0.15) is 0 Å². The van der Waals surface area contributed by atoms with Crippen molar-refractivity contribution in [3.63, 3.8) is 0 Å². The maximum Gasteiger partial charge on any atom is 0.332 e. The molecule has 3 heteroatoms. The van der Waals surface area contributed by atoms with Gasteiger partial charge in [0.1, 0.15) is 0 Å². The second-order valence-corrected chi connectivity index (χ2v) is 8.01. The predicted octanol–water partition coefficient (Wildman–Crippen LogP) is 7.25. The lowest BCUT2D eigenvalue weighted by atomic mass is 10.0. The van der Waals surface area contributed by atoms with E-state index in [1.165, 1.54) is 109 Å². The summed E-state index contributed by atoms with van der Waals surface area (Å²) in [5.74, 6) is -1.09. The summed E-state index contributed by atoms with van der Waals surface area (Å²) in [5.41, 5.74) is 0. The highest BCUT2D eigenvalue weighted by Crippen LogP contribution is 2.15. The fraction of sp³-hybridized carbons (Fsp3) is 0.957. The van der Waals surface area contributed by atoms with E-state index >= 15 is 0 Å². The average Bonchev–Trinajstić information content (AvgIpc) is 2.63. The molecule has 0 aromatic rings. The van der Waals surface area contributed by atoms with Gasteiger partial charge < -0.3 is 10.2 Å². The zero-order chi connectivity index (χ0) is 19.3. The van der Waals surface area contributed by atoms with Crippen molar-refractivity contribution < 1.29 is 15.0 Å². The number of carboxylic acids is 1. The molecule has 0 heterocycles. The second-order valence-electron chi connectivity index (χ2n) is 8.01. The van der Waals surface area contributed by atoms with Gasteiger partial charge in [-0.15, -0.1) is 0 Å². The van der Waals surface area contributed by atoms with E-state index in [9.17, 15) is 9.90 Å². The molecule has 0 aliphatic carbocycles. The molecule has 0 unspecified atom stereocenters.